The summed E-state index contributed by atoms with van der Waals surface area (Å²) >= 11 is 0. The lowest BCUT2D eigenvalue weighted by molar-refractivity contribution is 0.0461. The molecular weight excluding hydrogens is 209 g/mol. The summed E-state index contributed by atoms with van der Waals surface area (Å²) in [5.41, 5.74) is -0.496. The Balaban J connectivity index is 2.42. The lowest BCUT2D eigenvalue weighted by Crippen LogP contribution is -2.45. The molecule has 0 aromatic rings. The number of carbonyl (C=O) groups excluding carboxylic acids is 1. The second-order valence-corrected chi connectivity index (χ2v) is 5.45. The topological polar surface area (TPSA) is 38.3 Å². The Morgan fingerprint density at radius 2 is 2.00 bits per heavy atom. The molecule has 3 nitrogen and oxygen atoms in total. The van der Waals surface area contributed by atoms with Crippen molar-refractivity contribution in [3.8, 4) is 0 Å². The first-order chi connectivity index (χ1) is 7.42. The highest BCUT2D eigenvalue weighted by atomic mass is 19.1. The molecular formula is C12H22FNO2. The summed E-state index contributed by atoms with van der Waals surface area (Å²) in [7, 11) is 0. The van der Waals surface area contributed by atoms with Gasteiger partial charge in [0.1, 0.15) is 5.60 Å². The molecule has 0 radical (unpaired) electrons. The van der Waals surface area contributed by atoms with Crippen LogP contribution in [-0.2, 0) is 4.74 Å². The van der Waals surface area contributed by atoms with E-state index in [2.05, 4.69) is 5.32 Å². The molecule has 0 bridgehead atoms. The van der Waals surface area contributed by atoms with E-state index in [-0.39, 0.29) is 18.6 Å². The summed E-state index contributed by atoms with van der Waals surface area (Å²) < 4.78 is 17.9. The molecule has 0 aromatic heterocycles. The van der Waals surface area contributed by atoms with Gasteiger partial charge in [0, 0.05) is 12.0 Å². The maximum absolute atomic E-state index is 12.7. The smallest absolute Gasteiger partial charge is 0.407 e. The number of hydrogen-bond acceptors (Lipinski definition) is 2. The highest BCUT2D eigenvalue weighted by Crippen LogP contribution is 2.25. The summed E-state index contributed by atoms with van der Waals surface area (Å²) in [4.78, 5) is 11.5. The zero-order valence-corrected chi connectivity index (χ0v) is 10.4. The normalized spacial score (nSPS) is 26.2. The summed E-state index contributed by atoms with van der Waals surface area (Å²) in [6.45, 7) is 5.10. The molecule has 1 rings (SSSR count). The van der Waals surface area contributed by atoms with E-state index < -0.39 is 11.7 Å². The zero-order chi connectivity index (χ0) is 12.2. The van der Waals surface area contributed by atoms with Gasteiger partial charge in [0.2, 0.25) is 0 Å². The maximum atomic E-state index is 12.7. The number of amides is 1. The van der Waals surface area contributed by atoms with Gasteiger partial charge in [0.25, 0.3) is 0 Å². The summed E-state index contributed by atoms with van der Waals surface area (Å²) in [6, 6.07) is -0.0615. The number of nitrogens with one attached hydrogen (secondary N) is 1. The van der Waals surface area contributed by atoms with Crippen molar-refractivity contribution in [3.63, 3.8) is 0 Å². The predicted octanol–water partition coefficient (Wildman–Crippen LogP) is 3.04. The van der Waals surface area contributed by atoms with E-state index in [0.29, 0.717) is 0 Å². The fourth-order valence-corrected chi connectivity index (χ4v) is 2.04. The molecule has 1 aliphatic carbocycles. The van der Waals surface area contributed by atoms with E-state index in [1.165, 1.54) is 0 Å². The molecule has 1 N–H and O–H groups in total. The minimum absolute atomic E-state index is 0.0405. The Labute approximate surface area is 96.7 Å². The van der Waals surface area contributed by atoms with E-state index >= 15 is 0 Å². The van der Waals surface area contributed by atoms with E-state index in [4.69, 9.17) is 4.74 Å². The molecule has 1 amide bonds. The molecule has 1 fully saturated rings. The van der Waals surface area contributed by atoms with Crippen LogP contribution in [0.1, 0.15) is 46.5 Å². The fourth-order valence-electron chi connectivity index (χ4n) is 2.04. The SMILES string of the molecule is CC(C)(C)OC(=O)N[C@@H]1CCCC[C@@H]1CF. The third-order valence-electron chi connectivity index (χ3n) is 2.81. The lowest BCUT2D eigenvalue weighted by atomic mass is 9.85. The van der Waals surface area contributed by atoms with Crippen LogP contribution in [0.25, 0.3) is 0 Å². The molecule has 0 aliphatic heterocycles. The van der Waals surface area contributed by atoms with Crippen molar-refractivity contribution in [1.82, 2.24) is 5.32 Å². The van der Waals surface area contributed by atoms with Gasteiger partial charge in [-0.05, 0) is 33.6 Å². The van der Waals surface area contributed by atoms with Gasteiger partial charge in [0.05, 0.1) is 6.67 Å². The molecule has 2 atom stereocenters. The number of hydrogen-bond donors (Lipinski definition) is 1. The largest absolute Gasteiger partial charge is 0.444 e. The first-order valence-electron chi connectivity index (χ1n) is 5.98. The number of carbonyl (C=O) groups is 1. The van der Waals surface area contributed by atoms with Gasteiger partial charge in [-0.2, -0.15) is 0 Å². The molecule has 94 valence electrons. The van der Waals surface area contributed by atoms with E-state index in [0.717, 1.165) is 25.7 Å². The summed E-state index contributed by atoms with van der Waals surface area (Å²) in [6.07, 6.45) is 3.39. The maximum Gasteiger partial charge on any atom is 0.407 e. The van der Waals surface area contributed by atoms with E-state index in [9.17, 15) is 9.18 Å². The standard InChI is InChI=1S/C12H22FNO2/c1-12(2,3)16-11(15)14-10-7-5-4-6-9(10)8-13/h9-10H,4-8H2,1-3H3,(H,14,15)/t9-,10-/m1/s1. The Hall–Kier alpha value is -0.800. The van der Waals surface area contributed by atoms with Crippen LogP contribution in [0.3, 0.4) is 0 Å². The van der Waals surface area contributed by atoms with Crippen LogP contribution in [-0.4, -0.2) is 24.4 Å². The zero-order valence-electron chi connectivity index (χ0n) is 10.4. The molecule has 4 heteroatoms. The minimum Gasteiger partial charge on any atom is -0.444 e. The lowest BCUT2D eigenvalue weighted by Gasteiger charge is -2.31. The average molecular weight is 231 g/mol. The van der Waals surface area contributed by atoms with Gasteiger partial charge in [-0.3, -0.25) is 4.39 Å². The average Bonchev–Trinajstić information content (AvgIpc) is 2.15. The van der Waals surface area contributed by atoms with Crippen LogP contribution in [0, 0.1) is 5.92 Å². The Morgan fingerprint density at radius 1 is 1.38 bits per heavy atom. The van der Waals surface area contributed by atoms with Crippen LogP contribution in [0.4, 0.5) is 9.18 Å². The van der Waals surface area contributed by atoms with Crippen molar-refractivity contribution in [2.24, 2.45) is 5.92 Å². The van der Waals surface area contributed by atoms with Gasteiger partial charge in [-0.15, -0.1) is 0 Å². The number of alkyl carbamates (subject to hydrolysis) is 1. The highest BCUT2D eigenvalue weighted by molar-refractivity contribution is 5.68. The van der Waals surface area contributed by atoms with Crippen LogP contribution < -0.4 is 5.32 Å². The van der Waals surface area contributed by atoms with Gasteiger partial charge in [-0.25, -0.2) is 4.79 Å². The Bertz CT molecular complexity index is 238. The van der Waals surface area contributed by atoms with E-state index in [1.54, 1.807) is 0 Å². The van der Waals surface area contributed by atoms with Crippen molar-refractivity contribution >= 4 is 6.09 Å². The van der Waals surface area contributed by atoms with Crippen LogP contribution >= 0.6 is 0 Å². The minimum atomic E-state index is -0.496. The predicted molar refractivity (Wildman–Crippen MR) is 61.1 cm³/mol. The number of halogens is 1. The highest BCUT2D eigenvalue weighted by Gasteiger charge is 2.28. The van der Waals surface area contributed by atoms with Gasteiger partial charge < -0.3 is 10.1 Å². The molecule has 0 spiro atoms. The monoisotopic (exact) mass is 231 g/mol. The quantitative estimate of drug-likeness (QED) is 0.793. The van der Waals surface area contributed by atoms with Crippen LogP contribution in [0.5, 0.6) is 0 Å². The molecule has 0 heterocycles. The van der Waals surface area contributed by atoms with Gasteiger partial charge in [-0.1, -0.05) is 12.8 Å². The third kappa shape index (κ3) is 4.37. The van der Waals surface area contributed by atoms with Crippen LogP contribution in [0.2, 0.25) is 0 Å². The number of rotatable bonds is 2. The van der Waals surface area contributed by atoms with Gasteiger partial charge in [0.15, 0.2) is 0 Å². The molecule has 1 saturated carbocycles. The molecule has 0 saturated heterocycles. The van der Waals surface area contributed by atoms with Crippen molar-refractivity contribution < 1.29 is 13.9 Å². The van der Waals surface area contributed by atoms with E-state index in [1.807, 2.05) is 20.8 Å². The second-order valence-electron chi connectivity index (χ2n) is 5.45. The fraction of sp³-hybridized carbons (Fsp3) is 0.917. The molecule has 16 heavy (non-hydrogen) atoms. The number of alkyl halides is 1. The Morgan fingerprint density at radius 3 is 2.56 bits per heavy atom. The van der Waals surface area contributed by atoms with Gasteiger partial charge >= 0.3 is 6.09 Å². The first-order valence-corrected chi connectivity index (χ1v) is 5.98. The van der Waals surface area contributed by atoms with Crippen LogP contribution in [0.15, 0.2) is 0 Å². The first kappa shape index (κ1) is 13.3. The van der Waals surface area contributed by atoms with Crippen molar-refractivity contribution in [3.05, 3.63) is 0 Å². The third-order valence-corrected chi connectivity index (χ3v) is 2.81. The van der Waals surface area contributed by atoms with Crippen molar-refractivity contribution in [1.29, 1.82) is 0 Å². The Kier molecular flexibility index (Phi) is 4.56. The molecule has 0 aromatic carbocycles. The second kappa shape index (κ2) is 5.51. The summed E-state index contributed by atoms with van der Waals surface area (Å²) in [5.74, 6) is -0.0405. The van der Waals surface area contributed by atoms with Crippen molar-refractivity contribution in [2.75, 3.05) is 6.67 Å². The number of ether oxygens (including phenoxy) is 1. The summed E-state index contributed by atoms with van der Waals surface area (Å²) in [5, 5.41) is 2.78. The molecule has 0 unspecified atom stereocenters. The molecule has 1 aliphatic rings. The van der Waals surface area contributed by atoms with Crippen molar-refractivity contribution in [2.45, 2.75) is 58.1 Å².